The number of benzene rings is 1. The van der Waals surface area contributed by atoms with E-state index < -0.39 is 36.4 Å². The molecule has 22 heavy (non-hydrogen) atoms. The highest BCUT2D eigenvalue weighted by Gasteiger charge is 2.40. The van der Waals surface area contributed by atoms with Gasteiger partial charge in [0.1, 0.15) is 0 Å². The minimum Gasteiger partial charge on any atom is -0.422 e. The largest absolute Gasteiger partial charge is 0.422 e. The summed E-state index contributed by atoms with van der Waals surface area (Å²) in [6.07, 6.45) is 2.84. The van der Waals surface area contributed by atoms with Crippen LogP contribution in [-0.4, -0.2) is 36.4 Å². The Balaban J connectivity index is 1.92. The van der Waals surface area contributed by atoms with E-state index >= 15 is 0 Å². The second-order valence-electron chi connectivity index (χ2n) is 6.36. The van der Waals surface area contributed by atoms with E-state index in [0.717, 1.165) is 18.0 Å². The van der Waals surface area contributed by atoms with Gasteiger partial charge >= 0.3 is 26.4 Å². The molecule has 1 fully saturated rings. The van der Waals surface area contributed by atoms with Gasteiger partial charge in [0.15, 0.2) is 0 Å². The van der Waals surface area contributed by atoms with Gasteiger partial charge in [-0.15, -0.1) is 0 Å². The van der Waals surface area contributed by atoms with Crippen LogP contribution in [-0.2, 0) is 22.9 Å². The van der Waals surface area contributed by atoms with Crippen LogP contribution in [0.2, 0.25) is 32.2 Å². The van der Waals surface area contributed by atoms with Crippen molar-refractivity contribution < 1.29 is 16.5 Å². The number of hydrogen-bond donors (Lipinski definition) is 0. The Morgan fingerprint density at radius 1 is 1.14 bits per heavy atom. The van der Waals surface area contributed by atoms with Gasteiger partial charge in [0.25, 0.3) is 10.0 Å². The van der Waals surface area contributed by atoms with Crippen LogP contribution < -0.4 is 0 Å². The molecule has 8 heteroatoms. The molecule has 1 aromatic carbocycles. The van der Waals surface area contributed by atoms with Gasteiger partial charge in [-0.05, 0) is 49.8 Å². The van der Waals surface area contributed by atoms with E-state index in [1.54, 1.807) is 0 Å². The highest BCUT2D eigenvalue weighted by molar-refractivity contribution is 6.84. The molecule has 0 N–H and O–H groups in total. The minimum atomic E-state index is -2.14. The average Bonchev–Trinajstić information content (AvgIpc) is 2.42. The maximum Gasteiger partial charge on any atom is 0.313 e. The molecule has 1 aromatic rings. The van der Waals surface area contributed by atoms with E-state index in [1.807, 2.05) is 6.08 Å². The van der Waals surface area contributed by atoms with Gasteiger partial charge in [-0.25, -0.2) is 0 Å². The summed E-state index contributed by atoms with van der Waals surface area (Å²) in [7, 11) is -6.86. The van der Waals surface area contributed by atoms with Crippen LogP contribution in [0.4, 0.5) is 0 Å². The Bertz CT molecular complexity index is 504. The van der Waals surface area contributed by atoms with E-state index in [9.17, 15) is 0 Å². The second kappa shape index (κ2) is 7.49. The van der Waals surface area contributed by atoms with Gasteiger partial charge in [0, 0.05) is 0 Å². The van der Waals surface area contributed by atoms with Crippen molar-refractivity contribution in [2.24, 2.45) is 0 Å². The molecule has 0 bridgehead atoms. The molecule has 1 aliphatic heterocycles. The first-order valence-electron chi connectivity index (χ1n) is 7.65. The Hall–Kier alpha value is -0.332. The zero-order chi connectivity index (χ0) is 16.2. The van der Waals surface area contributed by atoms with Crippen LogP contribution in [0.15, 0.2) is 30.8 Å². The molecule has 1 saturated heterocycles. The maximum atomic E-state index is 6.29. The van der Waals surface area contributed by atoms with Gasteiger partial charge in [0.05, 0.1) is 0 Å². The maximum absolute atomic E-state index is 6.29. The molecule has 0 amide bonds. The molecule has 0 aliphatic carbocycles. The van der Waals surface area contributed by atoms with Crippen molar-refractivity contribution in [1.82, 2.24) is 0 Å². The summed E-state index contributed by atoms with van der Waals surface area (Å²) in [5.74, 6) is 0. The topological polar surface area (TPSA) is 36.9 Å². The van der Waals surface area contributed by atoms with E-state index in [0.29, 0.717) is 0 Å². The standard InChI is InChI=1S/C14H26O4Si4/c1-6-13-7-9-14(10-8-13)11-12-20-15-19-16-21(2,3)18-22(4,5)17-20/h6-10,20H,1,11-12,19H2,2-5H3. The van der Waals surface area contributed by atoms with E-state index in [1.165, 1.54) is 5.56 Å². The summed E-state index contributed by atoms with van der Waals surface area (Å²) in [5, 5.41) is 0. The Morgan fingerprint density at radius 2 is 1.82 bits per heavy atom. The third kappa shape index (κ3) is 5.70. The molecule has 2 rings (SSSR count). The predicted octanol–water partition coefficient (Wildman–Crippen LogP) is 2.58. The molecule has 4 nitrogen and oxygen atoms in total. The summed E-state index contributed by atoms with van der Waals surface area (Å²) in [4.78, 5) is 0. The molecule has 1 heterocycles. The molecular formula is C14H26O4Si4. The lowest BCUT2D eigenvalue weighted by atomic mass is 10.1. The van der Waals surface area contributed by atoms with Crippen LogP contribution in [0.25, 0.3) is 6.08 Å². The zero-order valence-corrected chi connectivity index (χ0v) is 18.5. The molecule has 0 saturated carbocycles. The first-order chi connectivity index (χ1) is 10.3. The summed E-state index contributed by atoms with van der Waals surface area (Å²) in [6.45, 7) is 12.1. The van der Waals surface area contributed by atoms with E-state index in [4.69, 9.17) is 16.5 Å². The van der Waals surface area contributed by atoms with Crippen molar-refractivity contribution in [1.29, 1.82) is 0 Å². The lowest BCUT2D eigenvalue weighted by molar-refractivity contribution is 0.271. The van der Waals surface area contributed by atoms with Crippen LogP contribution >= 0.6 is 0 Å². The zero-order valence-electron chi connectivity index (χ0n) is 13.9. The van der Waals surface area contributed by atoms with E-state index in [2.05, 4.69) is 57.0 Å². The van der Waals surface area contributed by atoms with Gasteiger partial charge in [0.2, 0.25) is 0 Å². The SMILES string of the molecule is C=Cc1ccc(CC[SiH]2O[SiH2]O[Si](C)(C)O[Si](C)(C)O2)cc1. The molecule has 1 unspecified atom stereocenters. The van der Waals surface area contributed by atoms with Gasteiger partial charge in [-0.2, -0.15) is 0 Å². The van der Waals surface area contributed by atoms with Crippen molar-refractivity contribution >= 4 is 42.5 Å². The van der Waals surface area contributed by atoms with Crippen molar-refractivity contribution in [3.63, 3.8) is 0 Å². The molecule has 0 spiro atoms. The fraction of sp³-hybridized carbons (Fsp3) is 0.429. The normalized spacial score (nSPS) is 25.4. The Morgan fingerprint density at radius 3 is 2.45 bits per heavy atom. The summed E-state index contributed by atoms with van der Waals surface area (Å²) in [5.41, 5.74) is 2.46. The Kier molecular flexibility index (Phi) is 6.13. The highest BCUT2D eigenvalue weighted by atomic mass is 28.5. The molecule has 0 radical (unpaired) electrons. The smallest absolute Gasteiger partial charge is 0.313 e. The fourth-order valence-corrected chi connectivity index (χ4v) is 16.4. The quantitative estimate of drug-likeness (QED) is 0.763. The first kappa shape index (κ1) is 18.0. The molecule has 0 aromatic heterocycles. The van der Waals surface area contributed by atoms with E-state index in [-0.39, 0.29) is 0 Å². The average molecular weight is 371 g/mol. The van der Waals surface area contributed by atoms with Crippen LogP contribution in [0, 0.1) is 0 Å². The van der Waals surface area contributed by atoms with Crippen molar-refractivity contribution in [3.05, 3.63) is 42.0 Å². The third-order valence-electron chi connectivity index (χ3n) is 3.45. The van der Waals surface area contributed by atoms with Crippen molar-refractivity contribution in [2.75, 3.05) is 0 Å². The minimum absolute atomic E-state index is 0.964. The monoisotopic (exact) mass is 370 g/mol. The van der Waals surface area contributed by atoms with Gasteiger partial charge in [-0.3, -0.25) is 0 Å². The van der Waals surface area contributed by atoms with Crippen LogP contribution in [0.1, 0.15) is 11.1 Å². The molecular weight excluding hydrogens is 344 g/mol. The number of rotatable bonds is 4. The summed E-state index contributed by atoms with van der Waals surface area (Å²) < 4.78 is 24.4. The predicted molar refractivity (Wildman–Crippen MR) is 100 cm³/mol. The lowest BCUT2D eigenvalue weighted by Gasteiger charge is -2.38. The molecule has 122 valence electrons. The lowest BCUT2D eigenvalue weighted by Crippen LogP contribution is -2.55. The fourth-order valence-electron chi connectivity index (χ4n) is 2.50. The van der Waals surface area contributed by atoms with Crippen LogP contribution in [0.3, 0.4) is 0 Å². The number of aryl methyl sites for hydroxylation is 1. The van der Waals surface area contributed by atoms with Crippen molar-refractivity contribution in [3.8, 4) is 0 Å². The highest BCUT2D eigenvalue weighted by Crippen LogP contribution is 2.21. The van der Waals surface area contributed by atoms with Gasteiger partial charge < -0.3 is 16.5 Å². The Labute approximate surface area is 139 Å². The molecule has 1 atom stereocenters. The summed E-state index contributed by atoms with van der Waals surface area (Å²) >= 11 is 0. The van der Waals surface area contributed by atoms with Crippen molar-refractivity contribution in [2.45, 2.75) is 38.7 Å². The molecule has 1 aliphatic rings. The second-order valence-corrected chi connectivity index (χ2v) is 17.9. The third-order valence-corrected chi connectivity index (χ3v) is 16.7. The van der Waals surface area contributed by atoms with Crippen LogP contribution in [0.5, 0.6) is 0 Å². The summed E-state index contributed by atoms with van der Waals surface area (Å²) in [6, 6.07) is 9.45. The number of hydrogen-bond acceptors (Lipinski definition) is 4. The van der Waals surface area contributed by atoms with Gasteiger partial charge in [-0.1, -0.05) is 36.9 Å². The first-order valence-corrected chi connectivity index (χ1v) is 16.2.